The molecule has 0 fully saturated rings. The predicted molar refractivity (Wildman–Crippen MR) is 68.9 cm³/mol. The second-order valence-corrected chi connectivity index (χ2v) is 4.77. The second kappa shape index (κ2) is 4.29. The molecule has 7 heteroatoms. The van der Waals surface area contributed by atoms with Crippen molar-refractivity contribution in [1.82, 2.24) is 19.8 Å². The van der Waals surface area contributed by atoms with Crippen molar-refractivity contribution in [1.29, 1.82) is 0 Å². The van der Waals surface area contributed by atoms with Gasteiger partial charge in [0.1, 0.15) is 5.82 Å². The Bertz CT molecular complexity index is 743. The molecule has 0 atom stereocenters. The zero-order valence-electron chi connectivity index (χ0n) is 8.81. The fraction of sp³-hybridized carbons (Fsp3) is 0. The Morgan fingerprint density at radius 3 is 2.78 bits per heavy atom. The third-order valence-electron chi connectivity index (χ3n) is 2.42. The first-order valence-corrected chi connectivity index (χ1v) is 6.16. The minimum Gasteiger partial charge on any atom is -0.206 e. The van der Waals surface area contributed by atoms with E-state index in [1.165, 1.54) is 10.6 Å². The highest BCUT2D eigenvalue weighted by molar-refractivity contribution is 9.10. The topological polar surface area (TPSA) is 43.1 Å². The zero-order chi connectivity index (χ0) is 12.7. The van der Waals surface area contributed by atoms with Crippen LogP contribution < -0.4 is 0 Å². The molecule has 2 heterocycles. The average Bonchev–Trinajstić information content (AvgIpc) is 2.73. The first kappa shape index (κ1) is 11.6. The van der Waals surface area contributed by atoms with E-state index in [0.717, 1.165) is 0 Å². The molecule has 0 aliphatic heterocycles. The van der Waals surface area contributed by atoms with E-state index in [0.29, 0.717) is 21.5 Å². The summed E-state index contributed by atoms with van der Waals surface area (Å²) in [6, 6.07) is 7.98. The Morgan fingerprint density at radius 2 is 2.00 bits per heavy atom. The Balaban J connectivity index is 2.31. The van der Waals surface area contributed by atoms with E-state index in [2.05, 4.69) is 31.2 Å². The molecule has 4 nitrogen and oxygen atoms in total. The predicted octanol–water partition coefficient (Wildman–Crippen LogP) is 3.35. The van der Waals surface area contributed by atoms with E-state index in [1.807, 2.05) is 0 Å². The first-order valence-electron chi connectivity index (χ1n) is 4.99. The van der Waals surface area contributed by atoms with Gasteiger partial charge in [-0.3, -0.25) is 0 Å². The number of halogens is 3. The number of nitrogens with zero attached hydrogens (tertiary/aromatic N) is 4. The van der Waals surface area contributed by atoms with Gasteiger partial charge in [0.25, 0.3) is 0 Å². The van der Waals surface area contributed by atoms with Crippen molar-refractivity contribution in [3.8, 4) is 11.4 Å². The maximum absolute atomic E-state index is 13.7. The summed E-state index contributed by atoms with van der Waals surface area (Å²) >= 11 is 9.16. The molecule has 0 bridgehead atoms. The molecule has 2 aromatic heterocycles. The average molecular weight is 328 g/mol. The van der Waals surface area contributed by atoms with Crippen LogP contribution in [0.1, 0.15) is 0 Å². The molecule has 3 rings (SSSR count). The summed E-state index contributed by atoms with van der Waals surface area (Å²) in [4.78, 5) is 0. The van der Waals surface area contributed by atoms with Crippen LogP contribution >= 0.6 is 27.5 Å². The summed E-state index contributed by atoms with van der Waals surface area (Å²) in [7, 11) is 0. The van der Waals surface area contributed by atoms with E-state index >= 15 is 0 Å². The molecule has 0 unspecified atom stereocenters. The lowest BCUT2D eigenvalue weighted by molar-refractivity contribution is 0.629. The summed E-state index contributed by atoms with van der Waals surface area (Å²) in [5.41, 5.74) is 0.820. The van der Waals surface area contributed by atoms with Gasteiger partial charge in [-0.05, 0) is 28.1 Å². The summed E-state index contributed by atoms with van der Waals surface area (Å²) in [6.07, 6.45) is 0. The quantitative estimate of drug-likeness (QED) is 0.688. The van der Waals surface area contributed by atoms with E-state index in [-0.39, 0.29) is 11.0 Å². The van der Waals surface area contributed by atoms with Crippen molar-refractivity contribution < 1.29 is 4.39 Å². The molecule has 0 aliphatic rings. The third-order valence-corrected chi connectivity index (χ3v) is 3.53. The van der Waals surface area contributed by atoms with E-state index in [4.69, 9.17) is 11.6 Å². The van der Waals surface area contributed by atoms with E-state index < -0.39 is 0 Å². The molecular weight excluding hydrogens is 323 g/mol. The van der Waals surface area contributed by atoms with Crippen molar-refractivity contribution in [2.45, 2.75) is 0 Å². The van der Waals surface area contributed by atoms with Crippen LogP contribution in [0.3, 0.4) is 0 Å². The van der Waals surface area contributed by atoms with Crippen molar-refractivity contribution in [2.24, 2.45) is 0 Å². The Morgan fingerprint density at radius 1 is 1.22 bits per heavy atom. The molecule has 0 radical (unpaired) electrons. The summed E-state index contributed by atoms with van der Waals surface area (Å²) in [6.45, 7) is 0. The molecule has 18 heavy (non-hydrogen) atoms. The van der Waals surface area contributed by atoms with Crippen molar-refractivity contribution in [2.75, 3.05) is 0 Å². The first-order chi connectivity index (χ1) is 8.66. The van der Waals surface area contributed by atoms with Crippen molar-refractivity contribution in [3.63, 3.8) is 0 Å². The van der Waals surface area contributed by atoms with Crippen molar-refractivity contribution >= 4 is 33.2 Å². The lowest BCUT2D eigenvalue weighted by Crippen LogP contribution is -1.97. The second-order valence-electron chi connectivity index (χ2n) is 3.56. The summed E-state index contributed by atoms with van der Waals surface area (Å²) < 4.78 is 15.7. The molecule has 3 aromatic rings. The van der Waals surface area contributed by atoms with Gasteiger partial charge in [0.15, 0.2) is 16.6 Å². The van der Waals surface area contributed by atoms with Gasteiger partial charge >= 0.3 is 0 Å². The monoisotopic (exact) mass is 326 g/mol. The molecule has 0 saturated heterocycles. The number of benzene rings is 1. The lowest BCUT2D eigenvalue weighted by Gasteiger charge is -2.01. The number of fused-ring (bicyclic) bond motifs is 1. The highest BCUT2D eigenvalue weighted by Gasteiger charge is 2.14. The SMILES string of the molecule is Fc1ccccc1-c1nnc2cc(Br)c(Cl)nn12. The molecule has 0 amide bonds. The number of hydrogen-bond donors (Lipinski definition) is 0. The lowest BCUT2D eigenvalue weighted by atomic mass is 10.2. The minimum atomic E-state index is -0.382. The molecule has 0 aliphatic carbocycles. The summed E-state index contributed by atoms with van der Waals surface area (Å²) in [5, 5.41) is 12.2. The van der Waals surface area contributed by atoms with Gasteiger partial charge in [-0.1, -0.05) is 23.7 Å². The van der Waals surface area contributed by atoms with Crippen LogP contribution in [0.25, 0.3) is 17.0 Å². The van der Waals surface area contributed by atoms with Crippen LogP contribution in [0, 0.1) is 5.82 Å². The van der Waals surface area contributed by atoms with E-state index in [1.54, 1.807) is 24.3 Å². The molecule has 1 aromatic carbocycles. The smallest absolute Gasteiger partial charge is 0.188 e. The van der Waals surface area contributed by atoms with Crippen molar-refractivity contribution in [3.05, 3.63) is 45.8 Å². The zero-order valence-corrected chi connectivity index (χ0v) is 11.2. The highest BCUT2D eigenvalue weighted by Crippen LogP contribution is 2.25. The maximum atomic E-state index is 13.7. The van der Waals surface area contributed by atoms with Crippen LogP contribution in [0.2, 0.25) is 5.15 Å². The largest absolute Gasteiger partial charge is 0.206 e. The summed E-state index contributed by atoms with van der Waals surface area (Å²) in [5.74, 6) is -0.0647. The molecular formula is C11H5BrClFN4. The maximum Gasteiger partial charge on any atom is 0.188 e. The molecule has 0 saturated carbocycles. The highest BCUT2D eigenvalue weighted by atomic mass is 79.9. The normalized spacial score (nSPS) is 11.1. The van der Waals surface area contributed by atoms with Gasteiger partial charge in [0, 0.05) is 6.07 Å². The van der Waals surface area contributed by atoms with Crippen LogP contribution in [0.5, 0.6) is 0 Å². The van der Waals surface area contributed by atoms with Crippen LogP contribution in [0.4, 0.5) is 4.39 Å². The molecule has 90 valence electrons. The fourth-order valence-electron chi connectivity index (χ4n) is 1.60. The standard InChI is InChI=1S/C11H5BrClFN4/c12-7-5-9-15-16-11(18(9)17-10(7)13)6-3-1-2-4-8(6)14/h1-5H. The minimum absolute atomic E-state index is 0.264. The van der Waals surface area contributed by atoms with Gasteiger partial charge in [-0.15, -0.1) is 10.2 Å². The molecule has 0 N–H and O–H groups in total. The number of hydrogen-bond acceptors (Lipinski definition) is 3. The third kappa shape index (κ3) is 1.77. The van der Waals surface area contributed by atoms with Crippen LogP contribution in [-0.2, 0) is 0 Å². The Labute approximate surface area is 115 Å². The van der Waals surface area contributed by atoms with E-state index in [9.17, 15) is 4.39 Å². The molecule has 0 spiro atoms. The van der Waals surface area contributed by atoms with Gasteiger partial charge in [-0.2, -0.15) is 9.61 Å². The van der Waals surface area contributed by atoms with Crippen LogP contribution in [0.15, 0.2) is 34.8 Å². The fourth-order valence-corrected chi connectivity index (χ4v) is 2.01. The van der Waals surface area contributed by atoms with Gasteiger partial charge in [0.05, 0.1) is 10.0 Å². The van der Waals surface area contributed by atoms with Gasteiger partial charge in [-0.25, -0.2) is 4.39 Å². The Hall–Kier alpha value is -1.53. The Kier molecular flexibility index (Phi) is 2.76. The van der Waals surface area contributed by atoms with Gasteiger partial charge in [0.2, 0.25) is 0 Å². The number of rotatable bonds is 1. The van der Waals surface area contributed by atoms with Crippen LogP contribution in [-0.4, -0.2) is 19.8 Å². The van der Waals surface area contributed by atoms with Gasteiger partial charge < -0.3 is 0 Å². The number of aromatic nitrogens is 4.